The van der Waals surface area contributed by atoms with Crippen molar-refractivity contribution in [2.24, 2.45) is 27.2 Å². The average molecular weight is 503 g/mol. The fourth-order valence-corrected chi connectivity index (χ4v) is 10.0. The fourth-order valence-electron chi connectivity index (χ4n) is 7.50. The van der Waals surface area contributed by atoms with Gasteiger partial charge in [-0.2, -0.15) is 0 Å². The summed E-state index contributed by atoms with van der Waals surface area (Å²) in [5.41, 5.74) is 1.57. The second kappa shape index (κ2) is 7.88. The lowest BCUT2D eigenvalue weighted by Crippen LogP contribution is -2.49. The Kier molecular flexibility index (Phi) is 5.18. The first-order chi connectivity index (χ1) is 17.2. The highest BCUT2D eigenvalue weighted by atomic mass is 32.2. The molecule has 0 radical (unpaired) electrons. The second-order valence-electron chi connectivity index (χ2n) is 11.8. The van der Waals surface area contributed by atoms with E-state index in [1.807, 2.05) is 66.7 Å². The summed E-state index contributed by atoms with van der Waals surface area (Å²) in [5, 5.41) is 0. The van der Waals surface area contributed by atoms with Crippen LogP contribution >= 0.6 is 0 Å². The number of benzene rings is 2. The zero-order valence-electron chi connectivity index (χ0n) is 21.1. The Labute approximate surface area is 214 Å². The first-order valence-electron chi connectivity index (χ1n) is 13.0. The highest BCUT2D eigenvalue weighted by Gasteiger charge is 2.73. The zero-order chi connectivity index (χ0) is 25.3. The summed E-state index contributed by atoms with van der Waals surface area (Å²) in [6.45, 7) is 8.47. The topological polar surface area (TPSA) is 66.8 Å². The Bertz CT molecular complexity index is 1300. The van der Waals surface area contributed by atoms with E-state index in [0.29, 0.717) is 11.6 Å². The Hall–Kier alpha value is -2.73. The van der Waals surface area contributed by atoms with Gasteiger partial charge in [-0.15, -0.1) is 6.58 Å². The first-order valence-corrected chi connectivity index (χ1v) is 14.6. The largest absolute Gasteiger partial charge is 0.271 e. The minimum absolute atomic E-state index is 0.0711. The lowest BCUT2D eigenvalue weighted by molar-refractivity contribution is -0.131. The normalized spacial score (nSPS) is 30.9. The van der Waals surface area contributed by atoms with E-state index < -0.39 is 21.5 Å². The van der Waals surface area contributed by atoms with Gasteiger partial charge < -0.3 is 0 Å². The number of aliphatic imine (C=N–C) groups is 1. The van der Waals surface area contributed by atoms with Crippen molar-refractivity contribution in [1.82, 2.24) is 4.31 Å². The van der Waals surface area contributed by atoms with Crippen LogP contribution in [0.2, 0.25) is 0 Å². The number of rotatable bonds is 6. The van der Waals surface area contributed by atoms with Crippen LogP contribution in [0.3, 0.4) is 0 Å². The van der Waals surface area contributed by atoms with Gasteiger partial charge in [0.25, 0.3) is 5.91 Å². The van der Waals surface area contributed by atoms with Crippen LogP contribution in [-0.4, -0.2) is 42.2 Å². The van der Waals surface area contributed by atoms with Crippen LogP contribution < -0.4 is 0 Å². The van der Waals surface area contributed by atoms with Gasteiger partial charge in [0.2, 0.25) is 10.0 Å². The molecule has 1 saturated heterocycles. The summed E-state index contributed by atoms with van der Waals surface area (Å²) >= 11 is 0. The van der Waals surface area contributed by atoms with E-state index in [9.17, 15) is 13.2 Å². The molecule has 188 valence electrons. The van der Waals surface area contributed by atoms with Crippen molar-refractivity contribution in [3.8, 4) is 0 Å². The van der Waals surface area contributed by atoms with Gasteiger partial charge in [0.05, 0.1) is 17.5 Å². The molecule has 1 heterocycles. The number of nitrogens with zero attached hydrogens (tertiary/aromatic N) is 2. The van der Waals surface area contributed by atoms with Crippen molar-refractivity contribution < 1.29 is 13.2 Å². The zero-order valence-corrected chi connectivity index (χ0v) is 21.9. The van der Waals surface area contributed by atoms with Crippen LogP contribution in [0.1, 0.15) is 57.1 Å². The van der Waals surface area contributed by atoms with Crippen LogP contribution in [0, 0.1) is 22.2 Å². The molecule has 1 aliphatic heterocycles. The molecule has 3 saturated carbocycles. The van der Waals surface area contributed by atoms with Crippen molar-refractivity contribution in [3.05, 3.63) is 84.4 Å². The monoisotopic (exact) mass is 502 g/mol. The number of carbonyl (C=O) groups is 1. The summed E-state index contributed by atoms with van der Waals surface area (Å²) in [4.78, 5) is 19.6. The third-order valence-corrected chi connectivity index (χ3v) is 11.9. The Morgan fingerprint density at radius 3 is 2.11 bits per heavy atom. The van der Waals surface area contributed by atoms with Crippen molar-refractivity contribution >= 4 is 21.6 Å². The van der Waals surface area contributed by atoms with Crippen LogP contribution in [0.4, 0.5) is 0 Å². The molecule has 2 bridgehead atoms. The van der Waals surface area contributed by atoms with Crippen LogP contribution in [-0.2, 0) is 14.8 Å². The third kappa shape index (κ3) is 3.22. The van der Waals surface area contributed by atoms with Gasteiger partial charge in [-0.05, 0) is 43.4 Å². The molecule has 3 aliphatic carbocycles. The van der Waals surface area contributed by atoms with Crippen molar-refractivity contribution in [1.29, 1.82) is 0 Å². The molecule has 1 amide bonds. The molecule has 2 aromatic carbocycles. The second-order valence-corrected chi connectivity index (χ2v) is 13.7. The Morgan fingerprint density at radius 1 is 1.03 bits per heavy atom. The summed E-state index contributed by atoms with van der Waals surface area (Å²) in [5.74, 6) is 0.150. The number of sulfonamides is 1. The van der Waals surface area contributed by atoms with Crippen LogP contribution in [0.15, 0.2) is 78.3 Å². The maximum Gasteiger partial charge on any atom is 0.262 e. The van der Waals surface area contributed by atoms with Gasteiger partial charge in [0.1, 0.15) is 6.04 Å². The molecule has 0 unspecified atom stereocenters. The summed E-state index contributed by atoms with van der Waals surface area (Å²) < 4.78 is 28.7. The first kappa shape index (κ1) is 23.7. The number of carbonyl (C=O) groups excluding carboxylic acids is 1. The van der Waals surface area contributed by atoms with E-state index in [0.717, 1.165) is 43.2 Å². The van der Waals surface area contributed by atoms with Crippen molar-refractivity contribution in [2.75, 3.05) is 5.75 Å². The summed E-state index contributed by atoms with van der Waals surface area (Å²) in [6, 6.07) is 18.6. The van der Waals surface area contributed by atoms with E-state index >= 15 is 0 Å². The van der Waals surface area contributed by atoms with Crippen molar-refractivity contribution in [2.45, 2.75) is 58.0 Å². The van der Waals surface area contributed by atoms with E-state index in [1.54, 1.807) is 0 Å². The number of hydrogen-bond acceptors (Lipinski definition) is 4. The van der Waals surface area contributed by atoms with E-state index in [4.69, 9.17) is 4.99 Å². The molecule has 4 aliphatic rings. The van der Waals surface area contributed by atoms with E-state index in [2.05, 4.69) is 20.4 Å². The van der Waals surface area contributed by atoms with Gasteiger partial charge in [-0.25, -0.2) is 12.7 Å². The highest BCUT2D eigenvalue weighted by Crippen LogP contribution is 2.70. The van der Waals surface area contributed by atoms with Crippen LogP contribution in [0.5, 0.6) is 0 Å². The lowest BCUT2D eigenvalue weighted by atomic mass is 9.69. The molecular weight excluding hydrogens is 468 g/mol. The highest BCUT2D eigenvalue weighted by molar-refractivity contribution is 7.90. The third-order valence-electron chi connectivity index (χ3n) is 9.99. The fraction of sp³-hybridized carbons (Fsp3) is 0.467. The molecule has 1 spiro atoms. The van der Waals surface area contributed by atoms with Crippen molar-refractivity contribution in [3.63, 3.8) is 0 Å². The molecule has 2 aromatic rings. The number of fused-ring (bicyclic) bond motifs is 1. The maximum atomic E-state index is 14.4. The molecule has 6 rings (SSSR count). The van der Waals surface area contributed by atoms with Gasteiger partial charge in [-0.1, -0.05) is 80.6 Å². The molecule has 5 nitrogen and oxygen atoms in total. The molecule has 36 heavy (non-hydrogen) atoms. The maximum absolute atomic E-state index is 14.4. The van der Waals surface area contributed by atoms with E-state index in [-0.39, 0.29) is 28.5 Å². The molecule has 4 fully saturated rings. The molecular formula is C30H34N2O3S. The SMILES string of the molecule is C=CC1([C@@H](N=C(c2ccccc2)c2ccccc2)C(=O)N2[C@H]3C[C@H]4CC[C@]3(CS2(=O)=O)C4(C)C)CC1. The Balaban J connectivity index is 1.48. The minimum Gasteiger partial charge on any atom is -0.271 e. The summed E-state index contributed by atoms with van der Waals surface area (Å²) in [7, 11) is -3.73. The quantitative estimate of drug-likeness (QED) is 0.402. The Morgan fingerprint density at radius 2 is 1.61 bits per heavy atom. The van der Waals surface area contributed by atoms with Gasteiger partial charge in [0.15, 0.2) is 0 Å². The van der Waals surface area contributed by atoms with Gasteiger partial charge in [-0.3, -0.25) is 9.79 Å². The number of hydrogen-bond donors (Lipinski definition) is 0. The smallest absolute Gasteiger partial charge is 0.262 e. The van der Waals surface area contributed by atoms with E-state index in [1.165, 1.54) is 4.31 Å². The summed E-state index contributed by atoms with van der Waals surface area (Å²) in [6.07, 6.45) is 6.08. The molecule has 0 N–H and O–H groups in total. The predicted octanol–water partition coefficient (Wildman–Crippen LogP) is 5.23. The molecule has 6 heteroatoms. The van der Waals surface area contributed by atoms with Gasteiger partial charge >= 0.3 is 0 Å². The number of amides is 1. The van der Waals surface area contributed by atoms with Crippen LogP contribution in [0.25, 0.3) is 0 Å². The minimum atomic E-state index is -3.73. The molecule has 4 atom stereocenters. The lowest BCUT2D eigenvalue weighted by Gasteiger charge is -2.37. The molecule has 0 aromatic heterocycles. The van der Waals surface area contributed by atoms with Gasteiger partial charge in [0, 0.05) is 22.0 Å². The average Bonchev–Trinajstić information content (AvgIpc) is 3.52. The standard InChI is InChI=1S/C30H34N2O3S/c1-4-29(17-18-29)26(31-25(21-11-7-5-8-12-21)22-13-9-6-10-14-22)27(33)32-24-19-23-15-16-30(24,28(23,2)3)20-36(32,34)35/h4-14,23-24,26H,1,15-20H2,2-3H3/t23-,24+,26+,30-/m1/s1. The predicted molar refractivity (Wildman–Crippen MR) is 142 cm³/mol.